The van der Waals surface area contributed by atoms with E-state index in [1.807, 2.05) is 26.1 Å². The summed E-state index contributed by atoms with van der Waals surface area (Å²) in [5, 5.41) is 3.31. The second-order valence-electron chi connectivity index (χ2n) is 4.40. The number of rotatable bonds is 7. The summed E-state index contributed by atoms with van der Waals surface area (Å²) in [4.78, 5) is 0. The van der Waals surface area contributed by atoms with Gasteiger partial charge in [0.25, 0.3) is 0 Å². The molecule has 1 rings (SSSR count). The standard InChI is InChI=1S/C16H23NO/c1-4-5-6-9-15(17-3)11-12-18-16-10-7-8-14(2)13-16/h7-8,10,13,15,17H,6,9,11-12H2,1-3H3. The van der Waals surface area contributed by atoms with Crippen LogP contribution in [0.1, 0.15) is 31.7 Å². The molecule has 18 heavy (non-hydrogen) atoms. The monoisotopic (exact) mass is 245 g/mol. The third kappa shape index (κ3) is 5.75. The minimum atomic E-state index is 0.482. The summed E-state index contributed by atoms with van der Waals surface area (Å²) in [7, 11) is 2.00. The first-order valence-corrected chi connectivity index (χ1v) is 6.52. The second kappa shape index (κ2) is 8.60. The van der Waals surface area contributed by atoms with E-state index in [-0.39, 0.29) is 0 Å². The maximum absolute atomic E-state index is 5.75. The summed E-state index contributed by atoms with van der Waals surface area (Å²) in [6.07, 6.45) is 3.04. The Morgan fingerprint density at radius 1 is 1.33 bits per heavy atom. The predicted molar refractivity (Wildman–Crippen MR) is 76.8 cm³/mol. The molecule has 0 aliphatic rings. The van der Waals surface area contributed by atoms with Gasteiger partial charge in [0.2, 0.25) is 0 Å². The molecule has 1 aromatic carbocycles. The van der Waals surface area contributed by atoms with Gasteiger partial charge in [-0.15, -0.1) is 11.8 Å². The lowest BCUT2D eigenvalue weighted by molar-refractivity contribution is 0.285. The van der Waals surface area contributed by atoms with Crippen molar-refractivity contribution in [2.75, 3.05) is 13.7 Å². The van der Waals surface area contributed by atoms with E-state index >= 15 is 0 Å². The maximum Gasteiger partial charge on any atom is 0.119 e. The van der Waals surface area contributed by atoms with E-state index in [2.05, 4.69) is 36.2 Å². The van der Waals surface area contributed by atoms with Crippen LogP contribution in [0, 0.1) is 18.8 Å². The van der Waals surface area contributed by atoms with Crippen LogP contribution < -0.4 is 10.1 Å². The largest absolute Gasteiger partial charge is 0.494 e. The predicted octanol–water partition coefficient (Wildman–Crippen LogP) is 3.16. The van der Waals surface area contributed by atoms with Crippen LogP contribution in [-0.4, -0.2) is 19.7 Å². The molecule has 1 atom stereocenters. The molecule has 1 unspecified atom stereocenters. The SMILES string of the molecule is CC#CCCC(CCOc1cccc(C)c1)NC. The van der Waals surface area contributed by atoms with Gasteiger partial charge in [-0.05, 0) is 51.4 Å². The normalized spacial score (nSPS) is 11.5. The van der Waals surface area contributed by atoms with Gasteiger partial charge in [0.1, 0.15) is 5.75 Å². The third-order valence-corrected chi connectivity index (χ3v) is 2.93. The Morgan fingerprint density at radius 3 is 2.83 bits per heavy atom. The second-order valence-corrected chi connectivity index (χ2v) is 4.40. The van der Waals surface area contributed by atoms with Gasteiger partial charge in [-0.2, -0.15) is 0 Å². The summed E-state index contributed by atoms with van der Waals surface area (Å²) in [6, 6.07) is 8.65. The van der Waals surface area contributed by atoms with Gasteiger partial charge in [0.05, 0.1) is 6.61 Å². The number of hydrogen-bond acceptors (Lipinski definition) is 2. The van der Waals surface area contributed by atoms with Crippen molar-refractivity contribution in [3.05, 3.63) is 29.8 Å². The summed E-state index contributed by atoms with van der Waals surface area (Å²) in [5.41, 5.74) is 1.23. The molecule has 0 fully saturated rings. The van der Waals surface area contributed by atoms with Crippen molar-refractivity contribution in [2.45, 2.75) is 39.2 Å². The lowest BCUT2D eigenvalue weighted by atomic mass is 10.1. The molecule has 0 amide bonds. The molecule has 1 N–H and O–H groups in total. The smallest absolute Gasteiger partial charge is 0.119 e. The first-order chi connectivity index (χ1) is 8.76. The van der Waals surface area contributed by atoms with Crippen molar-refractivity contribution in [1.29, 1.82) is 0 Å². The number of ether oxygens (including phenoxy) is 1. The zero-order valence-corrected chi connectivity index (χ0v) is 11.6. The van der Waals surface area contributed by atoms with E-state index in [1.165, 1.54) is 5.56 Å². The number of nitrogens with one attached hydrogen (secondary N) is 1. The fraction of sp³-hybridized carbons (Fsp3) is 0.500. The van der Waals surface area contributed by atoms with Crippen molar-refractivity contribution in [3.63, 3.8) is 0 Å². The summed E-state index contributed by atoms with van der Waals surface area (Å²) < 4.78 is 5.75. The highest BCUT2D eigenvalue weighted by Crippen LogP contribution is 2.13. The van der Waals surface area contributed by atoms with Crippen LogP contribution in [0.4, 0.5) is 0 Å². The Hall–Kier alpha value is -1.46. The molecule has 0 saturated heterocycles. The van der Waals surface area contributed by atoms with Crippen LogP contribution in [0.2, 0.25) is 0 Å². The van der Waals surface area contributed by atoms with Gasteiger partial charge in [0, 0.05) is 12.5 Å². The molecule has 0 aromatic heterocycles. The van der Waals surface area contributed by atoms with Crippen molar-refractivity contribution >= 4 is 0 Å². The van der Waals surface area contributed by atoms with E-state index in [0.717, 1.165) is 31.6 Å². The van der Waals surface area contributed by atoms with E-state index in [1.54, 1.807) is 0 Å². The van der Waals surface area contributed by atoms with Crippen molar-refractivity contribution < 1.29 is 4.74 Å². The molecule has 0 spiro atoms. The molecule has 0 heterocycles. The molecule has 2 nitrogen and oxygen atoms in total. The van der Waals surface area contributed by atoms with Gasteiger partial charge < -0.3 is 10.1 Å². The van der Waals surface area contributed by atoms with E-state index in [9.17, 15) is 0 Å². The molecule has 0 aliphatic heterocycles. The summed E-state index contributed by atoms with van der Waals surface area (Å²) in [6.45, 7) is 4.70. The van der Waals surface area contributed by atoms with Crippen LogP contribution in [0.25, 0.3) is 0 Å². The maximum atomic E-state index is 5.75. The Labute approximate surface area is 111 Å². The molecule has 1 aromatic rings. The number of aryl methyl sites for hydroxylation is 1. The molecule has 0 radical (unpaired) electrons. The van der Waals surface area contributed by atoms with E-state index < -0.39 is 0 Å². The Balaban J connectivity index is 2.27. The van der Waals surface area contributed by atoms with Crippen LogP contribution in [0.3, 0.4) is 0 Å². The van der Waals surface area contributed by atoms with Crippen molar-refractivity contribution in [1.82, 2.24) is 5.32 Å². The van der Waals surface area contributed by atoms with Crippen LogP contribution in [0.15, 0.2) is 24.3 Å². The van der Waals surface area contributed by atoms with Gasteiger partial charge in [-0.25, -0.2) is 0 Å². The lowest BCUT2D eigenvalue weighted by Crippen LogP contribution is -2.27. The summed E-state index contributed by atoms with van der Waals surface area (Å²) >= 11 is 0. The van der Waals surface area contributed by atoms with Crippen LogP contribution in [0.5, 0.6) is 5.75 Å². The number of benzene rings is 1. The topological polar surface area (TPSA) is 21.3 Å². The van der Waals surface area contributed by atoms with E-state index in [0.29, 0.717) is 6.04 Å². The molecule has 0 aliphatic carbocycles. The van der Waals surface area contributed by atoms with Gasteiger partial charge >= 0.3 is 0 Å². The number of hydrogen-bond donors (Lipinski definition) is 1. The Morgan fingerprint density at radius 2 is 2.17 bits per heavy atom. The van der Waals surface area contributed by atoms with Crippen molar-refractivity contribution in [2.24, 2.45) is 0 Å². The summed E-state index contributed by atoms with van der Waals surface area (Å²) in [5.74, 6) is 6.98. The molecule has 0 saturated carbocycles. The average Bonchev–Trinajstić information content (AvgIpc) is 2.37. The molecule has 98 valence electrons. The Kier molecular flexibility index (Phi) is 6.98. The van der Waals surface area contributed by atoms with E-state index in [4.69, 9.17) is 4.74 Å². The average molecular weight is 245 g/mol. The van der Waals surface area contributed by atoms with Crippen LogP contribution in [-0.2, 0) is 0 Å². The minimum absolute atomic E-state index is 0.482. The highest BCUT2D eigenvalue weighted by molar-refractivity contribution is 5.27. The zero-order chi connectivity index (χ0) is 13.2. The lowest BCUT2D eigenvalue weighted by Gasteiger charge is -2.15. The fourth-order valence-electron chi connectivity index (χ4n) is 1.83. The molecule has 0 bridgehead atoms. The quantitative estimate of drug-likeness (QED) is 0.745. The first kappa shape index (κ1) is 14.6. The van der Waals surface area contributed by atoms with Crippen LogP contribution >= 0.6 is 0 Å². The third-order valence-electron chi connectivity index (χ3n) is 2.93. The van der Waals surface area contributed by atoms with Gasteiger partial charge in [-0.1, -0.05) is 12.1 Å². The van der Waals surface area contributed by atoms with Gasteiger partial charge in [-0.3, -0.25) is 0 Å². The Bertz CT molecular complexity index is 403. The molecular formula is C16H23NO. The first-order valence-electron chi connectivity index (χ1n) is 6.52. The molecular weight excluding hydrogens is 222 g/mol. The zero-order valence-electron chi connectivity index (χ0n) is 11.6. The highest BCUT2D eigenvalue weighted by Gasteiger charge is 2.05. The van der Waals surface area contributed by atoms with Gasteiger partial charge in [0.15, 0.2) is 0 Å². The minimum Gasteiger partial charge on any atom is -0.494 e. The fourth-order valence-corrected chi connectivity index (χ4v) is 1.83. The molecule has 2 heteroatoms. The van der Waals surface area contributed by atoms with Crippen molar-refractivity contribution in [3.8, 4) is 17.6 Å². The highest BCUT2D eigenvalue weighted by atomic mass is 16.5.